The average Bonchev–Trinajstić information content (AvgIpc) is 2.41. The Balaban J connectivity index is 2.26. The van der Waals surface area contributed by atoms with Gasteiger partial charge in [-0.1, -0.05) is 0 Å². The van der Waals surface area contributed by atoms with E-state index in [1.165, 1.54) is 0 Å². The van der Waals surface area contributed by atoms with Gasteiger partial charge in [-0.25, -0.2) is 0 Å². The van der Waals surface area contributed by atoms with E-state index in [2.05, 4.69) is 22.0 Å². The van der Waals surface area contributed by atoms with Crippen LogP contribution in [0, 0.1) is 11.3 Å². The molecule has 0 aromatic heterocycles. The molecule has 0 saturated heterocycles. The van der Waals surface area contributed by atoms with E-state index in [1.807, 2.05) is 0 Å². The molecule has 2 aromatic rings. The summed E-state index contributed by atoms with van der Waals surface area (Å²) in [5.41, 5.74) is 6.88. The maximum absolute atomic E-state index is 8.79. The molecule has 0 aliphatic heterocycles. The van der Waals surface area contributed by atoms with E-state index in [4.69, 9.17) is 20.5 Å². The van der Waals surface area contributed by atoms with Gasteiger partial charge in [0.05, 0.1) is 28.9 Å². The van der Waals surface area contributed by atoms with Gasteiger partial charge in [0.25, 0.3) is 0 Å². The van der Waals surface area contributed by atoms with Crippen molar-refractivity contribution in [3.63, 3.8) is 0 Å². The number of nitrogen functional groups attached to an aromatic ring is 1. The first-order valence-electron chi connectivity index (χ1n) is 5.45. The van der Waals surface area contributed by atoms with Crippen LogP contribution in [0.5, 0.6) is 17.2 Å². The molecule has 0 unspecified atom stereocenters. The van der Waals surface area contributed by atoms with Crippen molar-refractivity contribution in [3.8, 4) is 23.3 Å². The molecule has 0 aliphatic rings. The minimum atomic E-state index is 0.504. The molecule has 0 amide bonds. The molecule has 96 valence electrons. The van der Waals surface area contributed by atoms with Crippen molar-refractivity contribution in [3.05, 3.63) is 46.4 Å². The zero-order valence-electron chi connectivity index (χ0n) is 10.2. The number of halogens is 1. The molecule has 19 heavy (non-hydrogen) atoms. The van der Waals surface area contributed by atoms with Gasteiger partial charge in [0.2, 0.25) is 0 Å². The molecule has 2 N–H and O–H groups in total. The normalized spacial score (nSPS) is 9.74. The zero-order valence-corrected chi connectivity index (χ0v) is 11.8. The van der Waals surface area contributed by atoms with Crippen LogP contribution in [-0.4, -0.2) is 7.11 Å². The fourth-order valence-electron chi connectivity index (χ4n) is 1.56. The summed E-state index contributed by atoms with van der Waals surface area (Å²) in [6.45, 7) is 0. The van der Waals surface area contributed by atoms with E-state index in [0.29, 0.717) is 33.0 Å². The van der Waals surface area contributed by atoms with Crippen LogP contribution in [0.1, 0.15) is 5.56 Å². The van der Waals surface area contributed by atoms with Gasteiger partial charge in [0.1, 0.15) is 17.2 Å². The van der Waals surface area contributed by atoms with E-state index >= 15 is 0 Å². The lowest BCUT2D eigenvalue weighted by atomic mass is 10.2. The molecule has 0 atom stereocenters. The van der Waals surface area contributed by atoms with Crippen LogP contribution in [0.3, 0.4) is 0 Å². The Morgan fingerprint density at radius 1 is 1.16 bits per heavy atom. The Morgan fingerprint density at radius 3 is 2.47 bits per heavy atom. The second kappa shape index (κ2) is 5.63. The number of nitriles is 1. The van der Waals surface area contributed by atoms with Crippen molar-refractivity contribution in [2.45, 2.75) is 0 Å². The van der Waals surface area contributed by atoms with Gasteiger partial charge < -0.3 is 15.2 Å². The number of hydrogen-bond donors (Lipinski definition) is 1. The Labute approximate surface area is 119 Å². The van der Waals surface area contributed by atoms with Crippen LogP contribution < -0.4 is 15.2 Å². The second-order valence-electron chi connectivity index (χ2n) is 3.76. The Hall–Kier alpha value is -2.19. The second-order valence-corrected chi connectivity index (χ2v) is 4.62. The van der Waals surface area contributed by atoms with E-state index in [0.717, 1.165) is 0 Å². The van der Waals surface area contributed by atoms with Gasteiger partial charge in [-0.3, -0.25) is 0 Å². The van der Waals surface area contributed by atoms with Crippen LogP contribution in [0.25, 0.3) is 0 Å². The number of rotatable bonds is 3. The molecule has 2 aromatic carbocycles. The SMILES string of the molecule is COc1ccc(Oc2ccc(C#N)cc2Br)cc1N. The molecule has 0 heterocycles. The molecule has 0 saturated carbocycles. The highest BCUT2D eigenvalue weighted by Crippen LogP contribution is 2.33. The molecular formula is C14H11BrN2O2. The lowest BCUT2D eigenvalue weighted by Crippen LogP contribution is -1.93. The summed E-state index contributed by atoms with van der Waals surface area (Å²) in [4.78, 5) is 0. The number of methoxy groups -OCH3 is 1. The Morgan fingerprint density at radius 2 is 1.89 bits per heavy atom. The van der Waals surface area contributed by atoms with Crippen molar-refractivity contribution < 1.29 is 9.47 Å². The van der Waals surface area contributed by atoms with Crippen molar-refractivity contribution in [2.24, 2.45) is 0 Å². The summed E-state index contributed by atoms with van der Waals surface area (Å²) in [6, 6.07) is 12.4. The van der Waals surface area contributed by atoms with Crippen molar-refractivity contribution >= 4 is 21.6 Å². The number of nitrogens with two attached hydrogens (primary N) is 1. The lowest BCUT2D eigenvalue weighted by molar-refractivity contribution is 0.415. The number of benzene rings is 2. The highest BCUT2D eigenvalue weighted by Gasteiger charge is 2.06. The molecule has 2 rings (SSSR count). The predicted molar refractivity (Wildman–Crippen MR) is 76.3 cm³/mol. The Kier molecular flexibility index (Phi) is 3.93. The quantitative estimate of drug-likeness (QED) is 0.876. The third-order valence-electron chi connectivity index (χ3n) is 2.49. The number of hydrogen-bond acceptors (Lipinski definition) is 4. The summed E-state index contributed by atoms with van der Waals surface area (Å²) in [7, 11) is 1.56. The number of nitrogens with zero attached hydrogens (tertiary/aromatic N) is 1. The van der Waals surface area contributed by atoms with E-state index < -0.39 is 0 Å². The molecule has 0 spiro atoms. The van der Waals surface area contributed by atoms with Crippen LogP contribution in [0.2, 0.25) is 0 Å². The highest BCUT2D eigenvalue weighted by molar-refractivity contribution is 9.10. The summed E-state index contributed by atoms with van der Waals surface area (Å²) in [5.74, 6) is 1.82. The van der Waals surface area contributed by atoms with Crippen LogP contribution >= 0.6 is 15.9 Å². The van der Waals surface area contributed by atoms with Gasteiger partial charge in [0, 0.05) is 6.07 Å². The largest absolute Gasteiger partial charge is 0.495 e. The fourth-order valence-corrected chi connectivity index (χ4v) is 2.02. The molecule has 0 bridgehead atoms. The van der Waals surface area contributed by atoms with Gasteiger partial charge in [-0.05, 0) is 46.3 Å². The third kappa shape index (κ3) is 2.98. The van der Waals surface area contributed by atoms with Gasteiger partial charge >= 0.3 is 0 Å². The minimum absolute atomic E-state index is 0.504. The predicted octanol–water partition coefficient (Wildman–Crippen LogP) is 3.70. The first-order valence-corrected chi connectivity index (χ1v) is 6.24. The topological polar surface area (TPSA) is 68.3 Å². The van der Waals surface area contributed by atoms with E-state index in [9.17, 15) is 0 Å². The maximum atomic E-state index is 8.79. The van der Waals surface area contributed by atoms with Gasteiger partial charge in [-0.15, -0.1) is 0 Å². The average molecular weight is 319 g/mol. The van der Waals surface area contributed by atoms with Crippen molar-refractivity contribution in [2.75, 3.05) is 12.8 Å². The first kappa shape index (κ1) is 13.2. The molecule has 0 radical (unpaired) electrons. The summed E-state index contributed by atoms with van der Waals surface area (Å²) < 4.78 is 11.5. The molecule has 0 fully saturated rings. The zero-order chi connectivity index (χ0) is 13.8. The van der Waals surface area contributed by atoms with Crippen LogP contribution in [0.4, 0.5) is 5.69 Å². The minimum Gasteiger partial charge on any atom is -0.495 e. The Bertz CT molecular complexity index is 650. The molecular weight excluding hydrogens is 308 g/mol. The first-order chi connectivity index (χ1) is 9.13. The van der Waals surface area contributed by atoms with Crippen LogP contribution in [-0.2, 0) is 0 Å². The maximum Gasteiger partial charge on any atom is 0.142 e. The van der Waals surface area contributed by atoms with Crippen molar-refractivity contribution in [1.29, 1.82) is 5.26 Å². The van der Waals surface area contributed by atoms with E-state index in [-0.39, 0.29) is 0 Å². The van der Waals surface area contributed by atoms with Crippen LogP contribution in [0.15, 0.2) is 40.9 Å². The van der Waals surface area contributed by atoms with Crippen molar-refractivity contribution in [1.82, 2.24) is 0 Å². The third-order valence-corrected chi connectivity index (χ3v) is 3.11. The lowest BCUT2D eigenvalue weighted by Gasteiger charge is -2.10. The summed E-state index contributed by atoms with van der Waals surface area (Å²) in [5, 5.41) is 8.79. The smallest absolute Gasteiger partial charge is 0.142 e. The highest BCUT2D eigenvalue weighted by atomic mass is 79.9. The fraction of sp³-hybridized carbons (Fsp3) is 0.0714. The number of anilines is 1. The number of ether oxygens (including phenoxy) is 2. The molecule has 5 heteroatoms. The molecule has 4 nitrogen and oxygen atoms in total. The molecule has 0 aliphatic carbocycles. The monoisotopic (exact) mass is 318 g/mol. The summed E-state index contributed by atoms with van der Waals surface area (Å²) in [6.07, 6.45) is 0. The van der Waals surface area contributed by atoms with E-state index in [1.54, 1.807) is 43.5 Å². The van der Waals surface area contributed by atoms with Gasteiger partial charge in [-0.2, -0.15) is 5.26 Å². The van der Waals surface area contributed by atoms with Gasteiger partial charge in [0.15, 0.2) is 0 Å². The summed E-state index contributed by atoms with van der Waals surface area (Å²) >= 11 is 3.36. The standard InChI is InChI=1S/C14H11BrN2O2/c1-18-14-5-3-10(7-12(14)17)19-13-4-2-9(8-16)6-11(13)15/h2-7H,17H2,1H3.